The van der Waals surface area contributed by atoms with Gasteiger partial charge in [-0.1, -0.05) is 93.7 Å². The van der Waals surface area contributed by atoms with Crippen molar-refractivity contribution in [2.75, 3.05) is 0 Å². The largest absolute Gasteiger partial charge is 0.206 e. The molecule has 1 fully saturated rings. The molecule has 0 atom stereocenters. The topological polar surface area (TPSA) is 0 Å². The molecule has 4 rings (SSSR count). The van der Waals surface area contributed by atoms with Gasteiger partial charge in [0, 0.05) is 16.5 Å². The summed E-state index contributed by atoms with van der Waals surface area (Å²) in [7, 11) is 0. The highest BCUT2D eigenvalue weighted by atomic mass is 19.1. The van der Waals surface area contributed by atoms with Gasteiger partial charge >= 0.3 is 0 Å². The third kappa shape index (κ3) is 6.38. The Labute approximate surface area is 205 Å². The molecule has 0 amide bonds. The van der Waals surface area contributed by atoms with Crippen molar-refractivity contribution in [2.45, 2.75) is 71.1 Å². The number of allylic oxidation sites excluding steroid dienone is 1. The van der Waals surface area contributed by atoms with Crippen molar-refractivity contribution in [3.05, 3.63) is 95.3 Å². The molecule has 34 heavy (non-hydrogen) atoms. The van der Waals surface area contributed by atoms with Crippen LogP contribution in [-0.2, 0) is 12.8 Å². The fourth-order valence-electron chi connectivity index (χ4n) is 5.35. The highest BCUT2D eigenvalue weighted by Crippen LogP contribution is 2.34. The van der Waals surface area contributed by atoms with Crippen LogP contribution in [0.2, 0.25) is 0 Å². The van der Waals surface area contributed by atoms with Crippen molar-refractivity contribution in [3.8, 4) is 11.8 Å². The van der Waals surface area contributed by atoms with Crippen LogP contribution in [0.15, 0.2) is 67.3 Å². The Balaban J connectivity index is 1.39. The van der Waals surface area contributed by atoms with Gasteiger partial charge in [0.15, 0.2) is 0 Å². The summed E-state index contributed by atoms with van der Waals surface area (Å²) in [5, 5.41) is 1.63. The molecule has 0 unspecified atom stereocenters. The Hall–Kier alpha value is -2.85. The van der Waals surface area contributed by atoms with E-state index in [0.29, 0.717) is 5.39 Å². The zero-order valence-corrected chi connectivity index (χ0v) is 20.6. The molecule has 0 bridgehead atoms. The van der Waals surface area contributed by atoms with Gasteiger partial charge in [-0.25, -0.2) is 4.39 Å². The van der Waals surface area contributed by atoms with Gasteiger partial charge in [-0.2, -0.15) is 0 Å². The van der Waals surface area contributed by atoms with Crippen LogP contribution in [0.4, 0.5) is 4.39 Å². The summed E-state index contributed by atoms with van der Waals surface area (Å²) in [4.78, 5) is 0. The molecule has 1 aliphatic rings. The van der Waals surface area contributed by atoms with E-state index in [4.69, 9.17) is 0 Å². The minimum atomic E-state index is -0.0493. The maximum atomic E-state index is 15.3. The lowest BCUT2D eigenvalue weighted by Gasteiger charge is -2.28. The first-order valence-corrected chi connectivity index (χ1v) is 13.1. The van der Waals surface area contributed by atoms with Crippen LogP contribution >= 0.6 is 0 Å². The van der Waals surface area contributed by atoms with Gasteiger partial charge in [0.2, 0.25) is 0 Å². The fraction of sp³-hybridized carbons (Fsp3) is 0.394. The monoisotopic (exact) mass is 452 g/mol. The van der Waals surface area contributed by atoms with E-state index >= 15 is 4.39 Å². The fourth-order valence-corrected chi connectivity index (χ4v) is 5.35. The first kappa shape index (κ1) is 24.3. The molecule has 3 aromatic rings. The number of halogens is 1. The van der Waals surface area contributed by atoms with Gasteiger partial charge in [-0.05, 0) is 78.3 Å². The average molecular weight is 453 g/mol. The van der Waals surface area contributed by atoms with Crippen LogP contribution < -0.4 is 0 Å². The summed E-state index contributed by atoms with van der Waals surface area (Å²) in [5.74, 6) is 8.12. The van der Waals surface area contributed by atoms with E-state index < -0.39 is 0 Å². The molecule has 0 aromatic heterocycles. The summed E-state index contributed by atoms with van der Waals surface area (Å²) >= 11 is 0. The van der Waals surface area contributed by atoms with E-state index in [0.717, 1.165) is 59.6 Å². The second-order valence-corrected chi connectivity index (χ2v) is 9.96. The summed E-state index contributed by atoms with van der Waals surface area (Å²) < 4.78 is 15.3. The van der Waals surface area contributed by atoms with Crippen molar-refractivity contribution in [3.63, 3.8) is 0 Å². The van der Waals surface area contributed by atoms with Crippen LogP contribution in [0.1, 0.15) is 80.5 Å². The number of benzene rings is 3. The molecule has 0 saturated heterocycles. The molecule has 3 aromatic carbocycles. The normalized spacial score (nSPS) is 17.8. The second-order valence-electron chi connectivity index (χ2n) is 9.96. The van der Waals surface area contributed by atoms with E-state index in [2.05, 4.69) is 55.7 Å². The molecule has 0 N–H and O–H groups in total. The van der Waals surface area contributed by atoms with E-state index in [9.17, 15) is 0 Å². The molecule has 0 aliphatic heterocycles. The van der Waals surface area contributed by atoms with Crippen molar-refractivity contribution < 1.29 is 4.39 Å². The van der Waals surface area contributed by atoms with E-state index in [1.807, 2.05) is 30.3 Å². The van der Waals surface area contributed by atoms with E-state index in [1.54, 1.807) is 0 Å². The Morgan fingerprint density at radius 1 is 0.853 bits per heavy atom. The number of rotatable bonds is 8. The predicted molar refractivity (Wildman–Crippen MR) is 144 cm³/mol. The second kappa shape index (κ2) is 12.0. The first-order chi connectivity index (χ1) is 16.7. The van der Waals surface area contributed by atoms with Gasteiger partial charge in [-0.15, -0.1) is 6.58 Å². The van der Waals surface area contributed by atoms with Crippen LogP contribution in [0.25, 0.3) is 10.8 Å². The van der Waals surface area contributed by atoms with Crippen LogP contribution in [0, 0.1) is 29.5 Å². The maximum absolute atomic E-state index is 15.3. The lowest BCUT2D eigenvalue weighted by atomic mass is 9.78. The third-order valence-corrected chi connectivity index (χ3v) is 7.46. The lowest BCUT2D eigenvalue weighted by Crippen LogP contribution is -2.15. The summed E-state index contributed by atoms with van der Waals surface area (Å²) in [6.45, 7) is 6.06. The number of hydrogen-bond donors (Lipinski definition) is 0. The molecular formula is C33H37F. The minimum absolute atomic E-state index is 0.0493. The van der Waals surface area contributed by atoms with Crippen LogP contribution in [0.3, 0.4) is 0 Å². The van der Waals surface area contributed by atoms with E-state index in [-0.39, 0.29) is 5.82 Å². The number of aryl methyl sites for hydroxylation is 2. The smallest absolute Gasteiger partial charge is 0.134 e. The van der Waals surface area contributed by atoms with Crippen LogP contribution in [-0.4, -0.2) is 0 Å². The molecule has 0 nitrogen and oxygen atoms in total. The molecule has 0 heterocycles. The molecular weight excluding hydrogens is 415 g/mol. The number of hydrogen-bond acceptors (Lipinski definition) is 0. The van der Waals surface area contributed by atoms with Crippen molar-refractivity contribution in [2.24, 2.45) is 11.8 Å². The summed E-state index contributed by atoms with van der Waals surface area (Å²) in [5.41, 5.74) is 4.07. The summed E-state index contributed by atoms with van der Waals surface area (Å²) in [6.07, 6.45) is 13.9. The zero-order valence-electron chi connectivity index (χ0n) is 20.6. The van der Waals surface area contributed by atoms with Gasteiger partial charge in [0.05, 0.1) is 0 Å². The SMILES string of the molecule is C=CCCc1ccc(C#Cc2ccc3c(F)c(CCC4CCC(CCC)CC4)ccc3c2)cc1. The maximum Gasteiger partial charge on any atom is 0.134 e. The van der Waals surface area contributed by atoms with Crippen molar-refractivity contribution >= 4 is 10.8 Å². The first-order valence-electron chi connectivity index (χ1n) is 13.1. The van der Waals surface area contributed by atoms with Gasteiger partial charge in [0.1, 0.15) is 5.82 Å². The van der Waals surface area contributed by atoms with Crippen LogP contribution in [0.5, 0.6) is 0 Å². The highest BCUT2D eigenvalue weighted by Gasteiger charge is 2.21. The molecule has 1 saturated carbocycles. The summed E-state index contributed by atoms with van der Waals surface area (Å²) in [6, 6.07) is 18.3. The quantitative estimate of drug-likeness (QED) is 0.236. The van der Waals surface area contributed by atoms with E-state index in [1.165, 1.54) is 44.1 Å². The molecule has 1 heteroatoms. The number of fused-ring (bicyclic) bond motifs is 1. The predicted octanol–water partition coefficient (Wildman–Crippen LogP) is 9.04. The molecule has 0 radical (unpaired) electrons. The standard InChI is InChI=1S/C33H37F/c1-3-5-7-26-10-14-27(15-11-26)16-17-29-19-23-32-31(24-29)22-21-30(33(32)34)20-18-28-12-8-25(6-4-2)9-13-28/h3,10-11,14-15,19,21-25,28H,1,4-9,12-13,18,20H2,2H3. The minimum Gasteiger partial charge on any atom is -0.206 e. The Bertz CT molecular complexity index is 1150. The van der Waals surface area contributed by atoms with Gasteiger partial charge in [-0.3, -0.25) is 0 Å². The lowest BCUT2D eigenvalue weighted by molar-refractivity contribution is 0.252. The van der Waals surface area contributed by atoms with Crippen molar-refractivity contribution in [1.29, 1.82) is 0 Å². The molecule has 0 spiro atoms. The van der Waals surface area contributed by atoms with Gasteiger partial charge in [0.25, 0.3) is 0 Å². The Morgan fingerprint density at radius 3 is 2.24 bits per heavy atom. The molecule has 1 aliphatic carbocycles. The highest BCUT2D eigenvalue weighted by molar-refractivity contribution is 5.85. The van der Waals surface area contributed by atoms with Crippen molar-refractivity contribution in [1.82, 2.24) is 0 Å². The zero-order chi connectivity index (χ0) is 23.8. The third-order valence-electron chi connectivity index (χ3n) is 7.46. The van der Waals surface area contributed by atoms with Gasteiger partial charge < -0.3 is 0 Å². The Morgan fingerprint density at radius 2 is 1.53 bits per heavy atom. The molecule has 176 valence electrons. The average Bonchev–Trinajstić information content (AvgIpc) is 2.87. The Kier molecular flexibility index (Phi) is 8.59.